The number of pyridine rings is 1. The van der Waals surface area contributed by atoms with E-state index in [1.54, 1.807) is 35.6 Å². The zero-order valence-electron chi connectivity index (χ0n) is 19.9. The number of carbonyl (C=O) groups excluding carboxylic acids is 1. The van der Waals surface area contributed by atoms with E-state index in [1.807, 2.05) is 26.0 Å². The Bertz CT molecular complexity index is 1160. The van der Waals surface area contributed by atoms with Gasteiger partial charge < -0.3 is 15.1 Å². The first-order valence-corrected chi connectivity index (χ1v) is 11.8. The van der Waals surface area contributed by atoms with E-state index in [4.69, 9.17) is 15.8 Å². The van der Waals surface area contributed by atoms with E-state index >= 15 is 0 Å². The van der Waals surface area contributed by atoms with Gasteiger partial charge in [0.05, 0.1) is 16.6 Å². The van der Waals surface area contributed by atoms with Crippen LogP contribution in [0, 0.1) is 10.8 Å². The van der Waals surface area contributed by atoms with Crippen LogP contribution in [0.1, 0.15) is 57.6 Å². The normalized spacial score (nSPS) is 11.3. The van der Waals surface area contributed by atoms with Crippen molar-refractivity contribution in [2.45, 2.75) is 59.7 Å². The van der Waals surface area contributed by atoms with Crippen LogP contribution >= 0.6 is 11.3 Å². The molecule has 0 saturated carbocycles. The van der Waals surface area contributed by atoms with Crippen LogP contribution in [0.4, 0.5) is 10.9 Å². The van der Waals surface area contributed by atoms with Crippen molar-refractivity contribution in [1.82, 2.24) is 14.9 Å². The topological polar surface area (TPSA) is 109 Å². The summed E-state index contributed by atoms with van der Waals surface area (Å²) in [6.45, 7) is 12.4. The van der Waals surface area contributed by atoms with Crippen molar-refractivity contribution in [2.24, 2.45) is 0 Å². The maximum Gasteiger partial charge on any atom is 0.256 e. The molecule has 2 aromatic heterocycles. The van der Waals surface area contributed by atoms with Gasteiger partial charge in [0, 0.05) is 23.7 Å². The molecule has 8 nitrogen and oxygen atoms in total. The smallest absolute Gasteiger partial charge is 0.256 e. The fourth-order valence-electron chi connectivity index (χ4n) is 3.63. The Hall–Kier alpha value is -3.33. The maximum atomic E-state index is 12.9. The largest absolute Gasteiger partial charge is 0.343 e. The summed E-state index contributed by atoms with van der Waals surface area (Å²) in [5.41, 5.74) is 1.77. The van der Waals surface area contributed by atoms with Crippen LogP contribution in [-0.2, 0) is 0 Å². The highest BCUT2D eigenvalue weighted by molar-refractivity contribution is 7.22. The van der Waals surface area contributed by atoms with Crippen molar-refractivity contribution in [3.63, 3.8) is 0 Å². The summed E-state index contributed by atoms with van der Waals surface area (Å²) >= 11 is 1.58. The van der Waals surface area contributed by atoms with Gasteiger partial charge in [-0.05, 0) is 71.9 Å². The van der Waals surface area contributed by atoms with Crippen molar-refractivity contribution < 1.29 is 4.79 Å². The molecule has 0 aliphatic carbocycles. The molecule has 0 aliphatic heterocycles. The van der Waals surface area contributed by atoms with Crippen molar-refractivity contribution in [3.8, 4) is 0 Å². The summed E-state index contributed by atoms with van der Waals surface area (Å²) in [4.78, 5) is 25.8. The van der Waals surface area contributed by atoms with E-state index in [-0.39, 0.29) is 17.8 Å². The number of aromatic nitrogens is 2. The summed E-state index contributed by atoms with van der Waals surface area (Å²) in [6, 6.07) is 11.2. The highest BCUT2D eigenvalue weighted by Gasteiger charge is 2.19. The molecule has 0 bridgehead atoms. The molecule has 2 heterocycles. The minimum Gasteiger partial charge on any atom is -0.343 e. The van der Waals surface area contributed by atoms with Crippen LogP contribution in [0.15, 0.2) is 36.4 Å². The van der Waals surface area contributed by atoms with E-state index in [1.165, 1.54) is 4.90 Å². The van der Waals surface area contributed by atoms with Crippen LogP contribution in [0.2, 0.25) is 0 Å². The number of amides is 1. The zero-order valence-corrected chi connectivity index (χ0v) is 20.7. The van der Waals surface area contributed by atoms with Gasteiger partial charge >= 0.3 is 0 Å². The molecule has 33 heavy (non-hydrogen) atoms. The second-order valence-electron chi connectivity index (χ2n) is 8.61. The highest BCUT2D eigenvalue weighted by Crippen LogP contribution is 2.32. The second kappa shape index (κ2) is 10.1. The Labute approximate surface area is 198 Å². The molecule has 1 aromatic carbocycles. The number of fused-ring (bicyclic) bond motifs is 1. The van der Waals surface area contributed by atoms with Crippen molar-refractivity contribution in [3.05, 3.63) is 47.7 Å². The predicted molar refractivity (Wildman–Crippen MR) is 137 cm³/mol. The Kier molecular flexibility index (Phi) is 7.43. The molecule has 1 amide bonds. The van der Waals surface area contributed by atoms with Gasteiger partial charge in [0.2, 0.25) is 0 Å². The first-order valence-electron chi connectivity index (χ1n) is 11.0. The molecule has 0 unspecified atom stereocenters. The van der Waals surface area contributed by atoms with Gasteiger partial charge in [-0.2, -0.15) is 0 Å². The van der Waals surface area contributed by atoms with Crippen LogP contribution < -0.4 is 10.2 Å². The van der Waals surface area contributed by atoms with E-state index in [0.29, 0.717) is 29.2 Å². The average Bonchev–Trinajstić information content (AvgIpc) is 3.15. The van der Waals surface area contributed by atoms with Crippen molar-refractivity contribution in [1.29, 1.82) is 10.8 Å². The van der Waals surface area contributed by atoms with E-state index in [0.717, 1.165) is 21.7 Å². The summed E-state index contributed by atoms with van der Waals surface area (Å²) < 4.78 is 0.950. The zero-order chi connectivity index (χ0) is 24.3. The van der Waals surface area contributed by atoms with Crippen LogP contribution in [0.3, 0.4) is 0 Å². The molecule has 0 atom stereocenters. The van der Waals surface area contributed by atoms with Crippen molar-refractivity contribution >= 4 is 50.6 Å². The third-order valence-corrected chi connectivity index (χ3v) is 6.19. The number of nitrogens with zero attached hydrogens (tertiary/aromatic N) is 4. The summed E-state index contributed by atoms with van der Waals surface area (Å²) in [5.74, 6) is 0.182. The Morgan fingerprint density at radius 2 is 1.73 bits per heavy atom. The molecule has 0 saturated heterocycles. The summed E-state index contributed by atoms with van der Waals surface area (Å²) in [5, 5.41) is 19.7. The number of amidine groups is 1. The number of hydrogen-bond acceptors (Lipinski definition) is 7. The van der Waals surface area contributed by atoms with Crippen LogP contribution in [0.5, 0.6) is 0 Å². The number of hydrogen-bond donors (Lipinski definition) is 3. The maximum absolute atomic E-state index is 12.9. The number of anilines is 2. The van der Waals surface area contributed by atoms with Gasteiger partial charge in [0.25, 0.3) is 5.91 Å². The Morgan fingerprint density at radius 3 is 2.33 bits per heavy atom. The van der Waals surface area contributed by atoms with E-state index in [9.17, 15) is 4.79 Å². The number of benzene rings is 1. The number of thiazole rings is 1. The number of nitrogens with one attached hydrogen (secondary N) is 3. The molecule has 3 rings (SSSR count). The van der Waals surface area contributed by atoms with E-state index < -0.39 is 0 Å². The first kappa shape index (κ1) is 24.3. The first-order chi connectivity index (χ1) is 15.6. The van der Waals surface area contributed by atoms with Gasteiger partial charge in [-0.25, -0.2) is 9.97 Å². The third-order valence-electron chi connectivity index (χ3n) is 5.16. The van der Waals surface area contributed by atoms with Crippen LogP contribution in [-0.4, -0.2) is 51.1 Å². The lowest BCUT2D eigenvalue weighted by Gasteiger charge is -2.30. The lowest BCUT2D eigenvalue weighted by Crippen LogP contribution is -2.36. The van der Waals surface area contributed by atoms with E-state index in [2.05, 4.69) is 42.9 Å². The molecular formula is C24H31N7OS. The van der Waals surface area contributed by atoms with Gasteiger partial charge in [-0.3, -0.25) is 15.6 Å². The molecule has 0 spiro atoms. The fraction of sp³-hybridized carbons (Fsp3) is 0.375. The molecule has 9 heteroatoms. The van der Waals surface area contributed by atoms with Crippen LogP contribution in [0.25, 0.3) is 10.2 Å². The molecule has 3 N–H and O–H groups in total. The Balaban J connectivity index is 1.82. The van der Waals surface area contributed by atoms with Crippen molar-refractivity contribution in [2.75, 3.05) is 10.2 Å². The number of carbonyl (C=O) groups is 1. The lowest BCUT2D eigenvalue weighted by atomic mass is 10.2. The quantitative estimate of drug-likeness (QED) is 0.312. The summed E-state index contributed by atoms with van der Waals surface area (Å²) in [6.07, 6.45) is 1.11. The van der Waals surface area contributed by atoms with Gasteiger partial charge in [0.15, 0.2) is 11.0 Å². The lowest BCUT2D eigenvalue weighted by molar-refractivity contribution is 0.102. The van der Waals surface area contributed by atoms with Gasteiger partial charge in [-0.1, -0.05) is 17.4 Å². The molecule has 0 radical (unpaired) electrons. The molecule has 174 valence electrons. The van der Waals surface area contributed by atoms with Gasteiger partial charge in [-0.15, -0.1) is 0 Å². The Morgan fingerprint density at radius 1 is 1.03 bits per heavy atom. The molecule has 0 fully saturated rings. The third kappa shape index (κ3) is 5.36. The fourth-order valence-corrected chi connectivity index (χ4v) is 4.90. The monoisotopic (exact) mass is 465 g/mol. The average molecular weight is 466 g/mol. The minimum absolute atomic E-state index is 0.0478. The highest BCUT2D eigenvalue weighted by atomic mass is 32.1. The second-order valence-corrected chi connectivity index (χ2v) is 9.62. The molecule has 0 aliphatic rings. The molecule has 3 aromatic rings. The predicted octanol–water partition coefficient (Wildman–Crippen LogP) is 5.21. The molecular weight excluding hydrogens is 434 g/mol. The summed E-state index contributed by atoms with van der Waals surface area (Å²) in [7, 11) is 0. The van der Waals surface area contributed by atoms with Gasteiger partial charge in [0.1, 0.15) is 11.5 Å². The standard InChI is InChI=1S/C24H31N7OS/c1-14(2)30(13-25)22(26)19-8-7-9-21(27-19)29-23(32)17-10-11-18-20(12-17)33-24(28-18)31(15(3)4)16(5)6/h7-16,25-26H,1-6H3,(H,27,29,32). The minimum atomic E-state index is -0.277. The SMILES string of the molecule is CC(C)N(C=N)C(=N)c1cccc(NC(=O)c2ccc3nc(N(C(C)C)C(C)C)sc3c2)n1. The number of rotatable bonds is 8.